The lowest BCUT2D eigenvalue weighted by molar-refractivity contribution is -0.122. The Hall–Kier alpha value is -2.30. The first-order valence-electron chi connectivity index (χ1n) is 8.92. The lowest BCUT2D eigenvalue weighted by Gasteiger charge is -2.33. The molecule has 0 bridgehead atoms. The first-order chi connectivity index (χ1) is 13.0. The second-order valence-electron chi connectivity index (χ2n) is 6.86. The van der Waals surface area contributed by atoms with Crippen LogP contribution in [0.3, 0.4) is 0 Å². The minimum Gasteiger partial charge on any atom is -0.371 e. The number of anilines is 1. The highest BCUT2D eigenvalue weighted by Gasteiger charge is 2.24. The van der Waals surface area contributed by atoms with Crippen molar-refractivity contribution in [1.29, 1.82) is 0 Å². The normalized spacial score (nSPS) is 15.3. The molecule has 2 N–H and O–H groups in total. The molecule has 6 heteroatoms. The van der Waals surface area contributed by atoms with Crippen LogP contribution in [0.1, 0.15) is 12.8 Å². The molecular weight excluding hydrogens is 381 g/mol. The maximum atomic E-state index is 11.5. The Balaban J connectivity index is 1.79. The van der Waals surface area contributed by atoms with Crippen molar-refractivity contribution in [2.45, 2.75) is 12.8 Å². The van der Waals surface area contributed by atoms with Gasteiger partial charge in [-0.15, -0.1) is 0 Å². The number of aromatic nitrogens is 1. The quantitative estimate of drug-likeness (QED) is 0.680. The van der Waals surface area contributed by atoms with Crippen molar-refractivity contribution in [3.8, 4) is 11.3 Å². The predicted octanol–water partition coefficient (Wildman–Crippen LogP) is 4.91. The van der Waals surface area contributed by atoms with Gasteiger partial charge in [0.15, 0.2) is 0 Å². The molecule has 1 fully saturated rings. The van der Waals surface area contributed by atoms with Gasteiger partial charge in [0.1, 0.15) is 0 Å². The molecule has 2 aromatic carbocycles. The van der Waals surface area contributed by atoms with Crippen LogP contribution < -0.4 is 10.6 Å². The Bertz CT molecular complexity index is 996. The highest BCUT2D eigenvalue weighted by atomic mass is 35.5. The van der Waals surface area contributed by atoms with E-state index in [0.29, 0.717) is 10.0 Å². The Labute approximate surface area is 167 Å². The van der Waals surface area contributed by atoms with Crippen molar-refractivity contribution in [3.63, 3.8) is 0 Å². The highest BCUT2D eigenvalue weighted by Crippen LogP contribution is 2.35. The van der Waals surface area contributed by atoms with Crippen LogP contribution in [0.2, 0.25) is 10.0 Å². The number of nitrogens with zero attached hydrogens (tertiary/aromatic N) is 2. The summed E-state index contributed by atoms with van der Waals surface area (Å²) in [5.74, 6) is -0.257. The first kappa shape index (κ1) is 18.1. The third-order valence-corrected chi connectivity index (χ3v) is 5.61. The van der Waals surface area contributed by atoms with Gasteiger partial charge in [0.05, 0.1) is 11.2 Å². The number of hydrogen-bond acceptors (Lipinski definition) is 3. The molecule has 27 heavy (non-hydrogen) atoms. The van der Waals surface area contributed by atoms with Crippen molar-refractivity contribution in [2.75, 3.05) is 18.0 Å². The third kappa shape index (κ3) is 3.73. The number of fused-ring (bicyclic) bond motifs is 1. The van der Waals surface area contributed by atoms with E-state index in [-0.39, 0.29) is 11.8 Å². The number of amides is 1. The van der Waals surface area contributed by atoms with Gasteiger partial charge in [-0.1, -0.05) is 35.3 Å². The zero-order valence-electron chi connectivity index (χ0n) is 14.7. The van der Waals surface area contributed by atoms with Gasteiger partial charge >= 0.3 is 0 Å². The number of carbonyl (C=O) groups excluding carboxylic acids is 1. The monoisotopic (exact) mass is 399 g/mol. The van der Waals surface area contributed by atoms with E-state index >= 15 is 0 Å². The van der Waals surface area contributed by atoms with Crippen molar-refractivity contribution in [1.82, 2.24) is 4.98 Å². The molecule has 4 rings (SSSR count). The first-order valence-corrected chi connectivity index (χ1v) is 9.67. The molecule has 1 aliphatic rings. The van der Waals surface area contributed by atoms with Crippen LogP contribution in [0.5, 0.6) is 0 Å². The van der Waals surface area contributed by atoms with E-state index in [1.54, 1.807) is 0 Å². The Morgan fingerprint density at radius 2 is 1.67 bits per heavy atom. The zero-order valence-corrected chi connectivity index (χ0v) is 16.2. The predicted molar refractivity (Wildman–Crippen MR) is 111 cm³/mol. The molecule has 0 unspecified atom stereocenters. The summed E-state index contributed by atoms with van der Waals surface area (Å²) in [6.45, 7) is 1.55. The molecule has 3 aromatic rings. The van der Waals surface area contributed by atoms with E-state index in [1.807, 2.05) is 42.5 Å². The average Bonchev–Trinajstić information content (AvgIpc) is 2.68. The highest BCUT2D eigenvalue weighted by molar-refractivity contribution is 6.31. The van der Waals surface area contributed by atoms with E-state index in [1.165, 1.54) is 0 Å². The number of piperidine rings is 1. The standard InChI is InChI=1S/C21H19Cl2N3O/c22-15-3-1-13(2-4-15)19-12-20(17-11-16(23)5-6-18(17)25-19)26-9-7-14(8-10-26)21(24)27/h1-6,11-12,14H,7-10H2,(H2,24,27). The van der Waals surface area contributed by atoms with Crippen LogP contribution in [-0.4, -0.2) is 24.0 Å². The minimum absolute atomic E-state index is 0.0475. The number of halogens is 2. The average molecular weight is 400 g/mol. The van der Waals surface area contributed by atoms with Gasteiger partial charge in [-0.3, -0.25) is 4.79 Å². The maximum Gasteiger partial charge on any atom is 0.220 e. The smallest absolute Gasteiger partial charge is 0.220 e. The van der Waals surface area contributed by atoms with Gasteiger partial charge < -0.3 is 10.6 Å². The molecule has 2 heterocycles. The summed E-state index contributed by atoms with van der Waals surface area (Å²) < 4.78 is 0. The number of rotatable bonds is 3. The van der Waals surface area contributed by atoms with Crippen LogP contribution in [0.15, 0.2) is 48.5 Å². The van der Waals surface area contributed by atoms with Crippen molar-refractivity contribution in [2.24, 2.45) is 11.7 Å². The van der Waals surface area contributed by atoms with E-state index in [9.17, 15) is 4.79 Å². The molecule has 1 aliphatic heterocycles. The summed E-state index contributed by atoms with van der Waals surface area (Å²) in [5, 5.41) is 2.38. The Kier molecular flexibility index (Phi) is 4.94. The fourth-order valence-corrected chi connectivity index (χ4v) is 3.91. The van der Waals surface area contributed by atoms with Crippen LogP contribution >= 0.6 is 23.2 Å². The number of primary amides is 1. The zero-order chi connectivity index (χ0) is 19.0. The molecule has 1 aromatic heterocycles. The number of pyridine rings is 1. The summed E-state index contributed by atoms with van der Waals surface area (Å²) in [6, 6.07) is 15.5. The molecule has 0 spiro atoms. The lowest BCUT2D eigenvalue weighted by Crippen LogP contribution is -2.38. The molecule has 0 aliphatic carbocycles. The van der Waals surface area contributed by atoms with Gasteiger partial charge in [0, 0.05) is 45.7 Å². The van der Waals surface area contributed by atoms with Crippen LogP contribution in [0.4, 0.5) is 5.69 Å². The topological polar surface area (TPSA) is 59.2 Å². The van der Waals surface area contributed by atoms with E-state index in [2.05, 4.69) is 11.0 Å². The molecule has 1 saturated heterocycles. The van der Waals surface area contributed by atoms with Crippen LogP contribution in [0, 0.1) is 5.92 Å². The van der Waals surface area contributed by atoms with Gasteiger partial charge in [-0.2, -0.15) is 0 Å². The molecule has 138 valence electrons. The fourth-order valence-electron chi connectivity index (χ4n) is 3.62. The maximum absolute atomic E-state index is 11.5. The second kappa shape index (κ2) is 7.37. The minimum atomic E-state index is -0.209. The molecule has 1 amide bonds. The van der Waals surface area contributed by atoms with Crippen LogP contribution in [-0.2, 0) is 4.79 Å². The Morgan fingerprint density at radius 1 is 1.00 bits per heavy atom. The number of carbonyl (C=O) groups is 1. The number of benzene rings is 2. The van der Waals surface area contributed by atoms with Gasteiger partial charge in [0.2, 0.25) is 5.91 Å². The van der Waals surface area contributed by atoms with E-state index in [0.717, 1.165) is 53.8 Å². The number of hydrogen-bond donors (Lipinski definition) is 1. The molecule has 0 atom stereocenters. The summed E-state index contributed by atoms with van der Waals surface area (Å²) in [4.78, 5) is 18.6. The summed E-state index contributed by atoms with van der Waals surface area (Å²) in [7, 11) is 0. The van der Waals surface area contributed by atoms with Crippen molar-refractivity contribution < 1.29 is 4.79 Å². The van der Waals surface area contributed by atoms with Gasteiger partial charge in [-0.05, 0) is 49.2 Å². The van der Waals surface area contributed by atoms with Crippen molar-refractivity contribution in [3.05, 3.63) is 58.6 Å². The second-order valence-corrected chi connectivity index (χ2v) is 7.73. The fraction of sp³-hybridized carbons (Fsp3) is 0.238. The third-order valence-electron chi connectivity index (χ3n) is 5.13. The molecule has 4 nitrogen and oxygen atoms in total. The summed E-state index contributed by atoms with van der Waals surface area (Å²) in [6.07, 6.45) is 1.52. The molecular formula is C21H19Cl2N3O. The van der Waals surface area contributed by atoms with E-state index in [4.69, 9.17) is 33.9 Å². The number of nitrogens with two attached hydrogens (primary N) is 1. The van der Waals surface area contributed by atoms with Gasteiger partial charge in [0.25, 0.3) is 0 Å². The SMILES string of the molecule is NC(=O)C1CCN(c2cc(-c3ccc(Cl)cc3)nc3ccc(Cl)cc23)CC1. The van der Waals surface area contributed by atoms with Crippen LogP contribution in [0.25, 0.3) is 22.2 Å². The summed E-state index contributed by atoms with van der Waals surface area (Å²) >= 11 is 12.3. The largest absolute Gasteiger partial charge is 0.371 e. The summed E-state index contributed by atoms with van der Waals surface area (Å²) in [5.41, 5.74) is 9.33. The molecule has 0 radical (unpaired) electrons. The van der Waals surface area contributed by atoms with Crippen molar-refractivity contribution >= 4 is 45.7 Å². The molecule has 0 saturated carbocycles. The van der Waals surface area contributed by atoms with E-state index < -0.39 is 0 Å². The van der Waals surface area contributed by atoms with Gasteiger partial charge in [-0.25, -0.2) is 4.98 Å². The Morgan fingerprint density at radius 3 is 2.33 bits per heavy atom. The lowest BCUT2D eigenvalue weighted by atomic mass is 9.95.